The number of terminal acetylenes is 1. The van der Waals surface area contributed by atoms with E-state index < -0.39 is 11.7 Å². The van der Waals surface area contributed by atoms with E-state index >= 15 is 0 Å². The van der Waals surface area contributed by atoms with Gasteiger partial charge in [0.15, 0.2) is 0 Å². The van der Waals surface area contributed by atoms with Gasteiger partial charge in [-0.05, 0) is 20.8 Å². The molecule has 0 atom stereocenters. The Bertz CT molecular complexity index is 200. The van der Waals surface area contributed by atoms with E-state index in [1.807, 2.05) is 0 Å². The highest BCUT2D eigenvalue weighted by molar-refractivity contribution is 5.66. The number of amides is 1. The Morgan fingerprint density at radius 3 is 2.62 bits per heavy atom. The zero-order valence-corrected chi connectivity index (χ0v) is 8.22. The Hall–Kier alpha value is -1.21. The molecule has 1 amide bonds. The summed E-state index contributed by atoms with van der Waals surface area (Å²) in [6.45, 7) is 5.60. The lowest BCUT2D eigenvalue weighted by Gasteiger charge is -2.19. The molecule has 0 spiro atoms. The van der Waals surface area contributed by atoms with Gasteiger partial charge in [-0.15, -0.1) is 12.3 Å². The lowest BCUT2D eigenvalue weighted by molar-refractivity contribution is -0.00612. The first-order chi connectivity index (χ1) is 5.95. The second-order valence-corrected chi connectivity index (χ2v) is 3.41. The average molecular weight is 185 g/mol. The molecular weight excluding hydrogens is 170 g/mol. The van der Waals surface area contributed by atoms with Gasteiger partial charge in [-0.2, -0.15) is 5.48 Å². The van der Waals surface area contributed by atoms with Gasteiger partial charge >= 0.3 is 6.09 Å². The van der Waals surface area contributed by atoms with E-state index in [1.165, 1.54) is 0 Å². The van der Waals surface area contributed by atoms with Gasteiger partial charge in [-0.3, -0.25) is 4.84 Å². The van der Waals surface area contributed by atoms with Gasteiger partial charge in [-0.1, -0.05) is 0 Å². The Balaban J connectivity index is 3.48. The van der Waals surface area contributed by atoms with Crippen LogP contribution in [0.4, 0.5) is 4.79 Å². The summed E-state index contributed by atoms with van der Waals surface area (Å²) in [6, 6.07) is 0. The summed E-state index contributed by atoms with van der Waals surface area (Å²) in [5.41, 5.74) is 1.60. The van der Waals surface area contributed by atoms with Crippen LogP contribution in [0.1, 0.15) is 27.2 Å². The van der Waals surface area contributed by atoms with Crippen molar-refractivity contribution in [3.05, 3.63) is 0 Å². The first-order valence-electron chi connectivity index (χ1n) is 4.00. The number of ether oxygens (including phenoxy) is 1. The number of hydroxylamine groups is 1. The fourth-order valence-electron chi connectivity index (χ4n) is 0.519. The molecule has 0 unspecified atom stereocenters. The normalized spacial score (nSPS) is 10.3. The van der Waals surface area contributed by atoms with E-state index in [4.69, 9.17) is 16.0 Å². The Morgan fingerprint density at radius 2 is 2.15 bits per heavy atom. The van der Waals surface area contributed by atoms with Crippen molar-refractivity contribution in [1.82, 2.24) is 5.48 Å². The molecule has 4 heteroatoms. The van der Waals surface area contributed by atoms with Crippen molar-refractivity contribution < 1.29 is 14.4 Å². The number of carbonyl (C=O) groups excluding carboxylic acids is 1. The fraction of sp³-hybridized carbons (Fsp3) is 0.667. The first-order valence-corrected chi connectivity index (χ1v) is 4.00. The third-order valence-corrected chi connectivity index (χ3v) is 0.903. The summed E-state index contributed by atoms with van der Waals surface area (Å²) in [7, 11) is 0. The van der Waals surface area contributed by atoms with E-state index in [9.17, 15) is 4.79 Å². The molecule has 1 N–H and O–H groups in total. The van der Waals surface area contributed by atoms with Crippen molar-refractivity contribution in [3.63, 3.8) is 0 Å². The number of rotatable bonds is 3. The van der Waals surface area contributed by atoms with Crippen LogP contribution in [0.3, 0.4) is 0 Å². The molecule has 0 saturated heterocycles. The second kappa shape index (κ2) is 5.44. The molecule has 0 aromatic carbocycles. The van der Waals surface area contributed by atoms with Crippen molar-refractivity contribution in [2.45, 2.75) is 32.8 Å². The van der Waals surface area contributed by atoms with E-state index in [0.717, 1.165) is 0 Å². The minimum absolute atomic E-state index is 0.287. The van der Waals surface area contributed by atoms with E-state index in [0.29, 0.717) is 6.42 Å². The average Bonchev–Trinajstić information content (AvgIpc) is 1.94. The van der Waals surface area contributed by atoms with Gasteiger partial charge in [0.2, 0.25) is 0 Å². The quantitative estimate of drug-likeness (QED) is 0.411. The van der Waals surface area contributed by atoms with Crippen LogP contribution in [0.25, 0.3) is 0 Å². The topological polar surface area (TPSA) is 47.6 Å². The van der Waals surface area contributed by atoms with Crippen LogP contribution in [0.2, 0.25) is 0 Å². The molecule has 74 valence electrons. The van der Waals surface area contributed by atoms with Crippen LogP contribution < -0.4 is 5.48 Å². The lowest BCUT2D eigenvalue weighted by Crippen LogP contribution is -2.32. The van der Waals surface area contributed by atoms with Gasteiger partial charge in [0, 0.05) is 6.42 Å². The standard InChI is InChI=1S/C9H15NO3/c1-5-6-7-12-10-8(11)13-9(2,3)4/h1H,6-7H2,2-4H3,(H,10,11). The summed E-state index contributed by atoms with van der Waals surface area (Å²) in [6.07, 6.45) is 4.82. The molecule has 0 aliphatic rings. The summed E-state index contributed by atoms with van der Waals surface area (Å²) < 4.78 is 4.89. The lowest BCUT2D eigenvalue weighted by atomic mass is 10.2. The SMILES string of the molecule is C#CCCONC(=O)OC(C)(C)C. The summed E-state index contributed by atoms with van der Waals surface area (Å²) in [5.74, 6) is 2.37. The number of hydrogen-bond acceptors (Lipinski definition) is 3. The summed E-state index contributed by atoms with van der Waals surface area (Å²) in [5, 5.41) is 0. The molecule has 0 aromatic rings. The summed E-state index contributed by atoms with van der Waals surface area (Å²) >= 11 is 0. The minimum atomic E-state index is -0.607. The Kier molecular flexibility index (Phi) is 4.93. The molecule has 4 nitrogen and oxygen atoms in total. The second-order valence-electron chi connectivity index (χ2n) is 3.41. The molecule has 0 heterocycles. The van der Waals surface area contributed by atoms with Crippen LogP contribution >= 0.6 is 0 Å². The van der Waals surface area contributed by atoms with Crippen LogP contribution in [-0.2, 0) is 9.57 Å². The Labute approximate surface area is 78.6 Å². The minimum Gasteiger partial charge on any atom is -0.442 e. The van der Waals surface area contributed by atoms with E-state index in [1.54, 1.807) is 20.8 Å². The number of hydrogen-bond donors (Lipinski definition) is 1. The highest BCUT2D eigenvalue weighted by atomic mass is 16.7. The number of nitrogens with one attached hydrogen (secondary N) is 1. The Morgan fingerprint density at radius 1 is 1.54 bits per heavy atom. The van der Waals surface area contributed by atoms with Crippen LogP contribution in [0.5, 0.6) is 0 Å². The molecule has 0 radical (unpaired) electrons. The maximum absolute atomic E-state index is 10.9. The fourth-order valence-corrected chi connectivity index (χ4v) is 0.519. The molecule has 13 heavy (non-hydrogen) atoms. The van der Waals surface area contributed by atoms with E-state index in [2.05, 4.69) is 11.4 Å². The van der Waals surface area contributed by atoms with Crippen molar-refractivity contribution >= 4 is 6.09 Å². The first kappa shape index (κ1) is 11.8. The zero-order valence-electron chi connectivity index (χ0n) is 8.22. The highest BCUT2D eigenvalue weighted by Crippen LogP contribution is 2.06. The van der Waals surface area contributed by atoms with Crippen molar-refractivity contribution in [1.29, 1.82) is 0 Å². The van der Waals surface area contributed by atoms with Crippen molar-refractivity contribution in [3.8, 4) is 12.3 Å². The van der Waals surface area contributed by atoms with E-state index in [-0.39, 0.29) is 6.61 Å². The molecule has 0 aromatic heterocycles. The van der Waals surface area contributed by atoms with Gasteiger partial charge in [-0.25, -0.2) is 4.79 Å². The molecule has 0 bridgehead atoms. The van der Waals surface area contributed by atoms with Gasteiger partial charge in [0.05, 0.1) is 6.61 Å². The zero-order chi connectivity index (χ0) is 10.3. The largest absolute Gasteiger partial charge is 0.442 e. The summed E-state index contributed by atoms with van der Waals surface area (Å²) in [4.78, 5) is 15.6. The maximum Gasteiger partial charge on any atom is 0.431 e. The predicted octanol–water partition coefficient (Wildman–Crippen LogP) is 1.47. The number of carbonyl (C=O) groups is 1. The smallest absolute Gasteiger partial charge is 0.431 e. The molecular formula is C9H15NO3. The molecule has 0 fully saturated rings. The third kappa shape index (κ3) is 8.70. The van der Waals surface area contributed by atoms with Gasteiger partial charge in [0.25, 0.3) is 0 Å². The molecule has 0 saturated carbocycles. The highest BCUT2D eigenvalue weighted by Gasteiger charge is 2.15. The molecule has 0 rings (SSSR count). The van der Waals surface area contributed by atoms with Crippen molar-refractivity contribution in [2.75, 3.05) is 6.61 Å². The molecule has 0 aliphatic heterocycles. The molecule has 0 aliphatic carbocycles. The van der Waals surface area contributed by atoms with Crippen LogP contribution in [0.15, 0.2) is 0 Å². The van der Waals surface area contributed by atoms with Crippen LogP contribution in [0, 0.1) is 12.3 Å². The maximum atomic E-state index is 10.9. The monoisotopic (exact) mass is 185 g/mol. The van der Waals surface area contributed by atoms with Gasteiger partial charge in [0.1, 0.15) is 5.60 Å². The van der Waals surface area contributed by atoms with Crippen LogP contribution in [-0.4, -0.2) is 18.3 Å². The van der Waals surface area contributed by atoms with Gasteiger partial charge < -0.3 is 4.74 Å². The predicted molar refractivity (Wildman–Crippen MR) is 48.8 cm³/mol. The van der Waals surface area contributed by atoms with Crippen molar-refractivity contribution in [2.24, 2.45) is 0 Å². The third-order valence-electron chi connectivity index (χ3n) is 0.903.